The summed E-state index contributed by atoms with van der Waals surface area (Å²) in [6, 6.07) is 0. The van der Waals surface area contributed by atoms with E-state index < -0.39 is 12.1 Å². The monoisotopic (exact) mass is 437 g/mol. The average molecular weight is 438 g/mol. The lowest BCUT2D eigenvalue weighted by molar-refractivity contribution is -0.192. The van der Waals surface area contributed by atoms with Crippen LogP contribution in [-0.4, -0.2) is 104 Å². The number of piperidine rings is 1. The number of halogens is 3. The smallest absolute Gasteiger partial charge is 0.475 e. The van der Waals surface area contributed by atoms with Crippen LogP contribution in [0.3, 0.4) is 0 Å². The third kappa shape index (κ3) is 7.09. The number of carboxylic acid groups (broad SMARTS) is 1. The molecule has 1 amide bonds. The van der Waals surface area contributed by atoms with Gasteiger partial charge in [-0.15, -0.1) is 0 Å². The number of hydrogen-bond donors (Lipinski definition) is 1. The molecule has 0 aromatic rings. The highest BCUT2D eigenvalue weighted by Gasteiger charge is 2.47. The van der Waals surface area contributed by atoms with Crippen molar-refractivity contribution in [3.8, 4) is 0 Å². The minimum absolute atomic E-state index is 0.0293. The summed E-state index contributed by atoms with van der Waals surface area (Å²) in [7, 11) is 4.15. The van der Waals surface area contributed by atoms with Crippen LogP contribution < -0.4 is 0 Å². The van der Waals surface area contributed by atoms with E-state index in [4.69, 9.17) is 14.6 Å². The Labute approximate surface area is 176 Å². The van der Waals surface area contributed by atoms with E-state index in [0.717, 1.165) is 71.1 Å². The number of aliphatic carboxylic acids is 1. The highest BCUT2D eigenvalue weighted by Crippen LogP contribution is 2.41. The zero-order valence-corrected chi connectivity index (χ0v) is 17.9. The molecule has 0 aromatic heterocycles. The van der Waals surface area contributed by atoms with Crippen LogP contribution in [-0.2, 0) is 14.3 Å². The van der Waals surface area contributed by atoms with Crippen LogP contribution >= 0.6 is 0 Å². The quantitative estimate of drug-likeness (QED) is 0.709. The number of carbonyl (C=O) groups is 2. The number of likely N-dealkylation sites (N-methyl/N-ethyl adjacent to an activating group) is 1. The molecule has 0 radical (unpaired) electrons. The first kappa shape index (κ1) is 24.9. The molecule has 30 heavy (non-hydrogen) atoms. The topological polar surface area (TPSA) is 73.3 Å². The Balaban J connectivity index is 0.000000396. The molecular formula is C20H34F3N3O4. The zero-order chi connectivity index (χ0) is 22.4. The van der Waals surface area contributed by atoms with Crippen LogP contribution in [0, 0.1) is 11.3 Å². The van der Waals surface area contributed by atoms with Crippen LogP contribution in [0.4, 0.5) is 13.2 Å². The lowest BCUT2D eigenvalue weighted by Gasteiger charge is -2.39. The molecular weight excluding hydrogens is 403 g/mol. The van der Waals surface area contributed by atoms with Crippen molar-refractivity contribution in [3.05, 3.63) is 0 Å². The lowest BCUT2D eigenvalue weighted by atomic mass is 9.77. The summed E-state index contributed by atoms with van der Waals surface area (Å²) in [5, 5.41) is 7.12. The van der Waals surface area contributed by atoms with Crippen LogP contribution in [0.2, 0.25) is 0 Å². The van der Waals surface area contributed by atoms with Gasteiger partial charge >= 0.3 is 12.1 Å². The molecule has 7 nitrogen and oxygen atoms in total. The number of likely N-dealkylation sites (tertiary alicyclic amines) is 2. The number of nitrogens with zero attached hydrogens (tertiary/aromatic N) is 3. The van der Waals surface area contributed by atoms with Gasteiger partial charge in [-0.05, 0) is 65.2 Å². The Morgan fingerprint density at radius 3 is 2.20 bits per heavy atom. The predicted octanol–water partition coefficient (Wildman–Crippen LogP) is 1.92. The number of alkyl halides is 3. The fourth-order valence-corrected chi connectivity index (χ4v) is 4.35. The van der Waals surface area contributed by atoms with Crippen molar-refractivity contribution in [2.45, 2.75) is 38.3 Å². The van der Waals surface area contributed by atoms with Crippen molar-refractivity contribution in [1.29, 1.82) is 0 Å². The van der Waals surface area contributed by atoms with Crippen molar-refractivity contribution in [2.24, 2.45) is 11.3 Å². The number of amides is 1. The molecule has 0 aromatic carbocycles. The number of carbonyl (C=O) groups excluding carboxylic acids is 1. The second-order valence-electron chi connectivity index (χ2n) is 8.79. The molecule has 3 heterocycles. The number of carboxylic acids is 1. The minimum Gasteiger partial charge on any atom is -0.475 e. The average Bonchev–Trinajstić information content (AvgIpc) is 2.98. The number of ether oxygens (including phenoxy) is 1. The molecule has 10 heteroatoms. The SMILES string of the molecule is CN(C)CCN1CCC2(CCN(CC3CCOCC3)CC2)C1=O.O=C(O)C(F)(F)F. The molecule has 0 unspecified atom stereocenters. The molecule has 0 bridgehead atoms. The second kappa shape index (κ2) is 10.8. The maximum Gasteiger partial charge on any atom is 0.490 e. The Hall–Kier alpha value is -1.39. The van der Waals surface area contributed by atoms with Gasteiger partial charge in [-0.25, -0.2) is 4.79 Å². The second-order valence-corrected chi connectivity index (χ2v) is 8.79. The Kier molecular flexibility index (Phi) is 8.93. The standard InChI is InChI=1S/C18H33N3O2.C2HF3O2/c1-19(2)11-12-21-10-7-18(17(21)22)5-8-20(9-6-18)15-16-3-13-23-14-4-16;3-2(4,5)1(6)7/h16H,3-15H2,1-2H3;(H,6,7). The van der Waals surface area contributed by atoms with E-state index in [0.29, 0.717) is 5.91 Å². The van der Waals surface area contributed by atoms with Gasteiger partial charge < -0.3 is 24.5 Å². The van der Waals surface area contributed by atoms with Crippen LogP contribution in [0.1, 0.15) is 32.1 Å². The van der Waals surface area contributed by atoms with Gasteiger partial charge in [-0.2, -0.15) is 13.2 Å². The third-order valence-electron chi connectivity index (χ3n) is 6.33. The number of rotatable bonds is 5. The first-order valence-electron chi connectivity index (χ1n) is 10.6. The lowest BCUT2D eigenvalue weighted by Crippen LogP contribution is -2.46. The minimum atomic E-state index is -5.08. The Bertz CT molecular complexity index is 572. The summed E-state index contributed by atoms with van der Waals surface area (Å²) in [5.41, 5.74) is -0.0293. The van der Waals surface area contributed by atoms with E-state index in [1.807, 2.05) is 0 Å². The fraction of sp³-hybridized carbons (Fsp3) is 0.900. The molecule has 3 fully saturated rings. The zero-order valence-electron chi connectivity index (χ0n) is 17.9. The molecule has 1 spiro atoms. The molecule has 0 saturated carbocycles. The van der Waals surface area contributed by atoms with E-state index in [2.05, 4.69) is 28.8 Å². The molecule has 0 aliphatic carbocycles. The van der Waals surface area contributed by atoms with Gasteiger partial charge in [0.15, 0.2) is 0 Å². The van der Waals surface area contributed by atoms with Crippen LogP contribution in [0.25, 0.3) is 0 Å². The highest BCUT2D eigenvalue weighted by molar-refractivity contribution is 5.85. The Morgan fingerprint density at radius 1 is 1.17 bits per heavy atom. The van der Waals surface area contributed by atoms with E-state index >= 15 is 0 Å². The summed E-state index contributed by atoms with van der Waals surface area (Å²) in [4.78, 5) is 28.6. The maximum absolute atomic E-state index is 12.9. The van der Waals surface area contributed by atoms with Gasteiger partial charge in [0.05, 0.1) is 5.41 Å². The van der Waals surface area contributed by atoms with E-state index in [-0.39, 0.29) is 5.41 Å². The first-order valence-corrected chi connectivity index (χ1v) is 10.6. The summed E-state index contributed by atoms with van der Waals surface area (Å²) in [5.74, 6) is -1.52. The predicted molar refractivity (Wildman–Crippen MR) is 105 cm³/mol. The van der Waals surface area contributed by atoms with Crippen LogP contribution in [0.5, 0.6) is 0 Å². The molecule has 174 valence electrons. The molecule has 3 saturated heterocycles. The van der Waals surface area contributed by atoms with E-state index in [1.54, 1.807) is 0 Å². The molecule has 3 aliphatic rings. The van der Waals surface area contributed by atoms with Gasteiger partial charge in [0, 0.05) is 39.4 Å². The summed E-state index contributed by atoms with van der Waals surface area (Å²) in [6.45, 7) is 8.10. The molecule has 3 rings (SSSR count). The summed E-state index contributed by atoms with van der Waals surface area (Å²) < 4.78 is 37.2. The summed E-state index contributed by atoms with van der Waals surface area (Å²) >= 11 is 0. The van der Waals surface area contributed by atoms with Gasteiger partial charge in [0.25, 0.3) is 0 Å². The Morgan fingerprint density at radius 2 is 1.70 bits per heavy atom. The molecule has 0 atom stereocenters. The molecule has 3 aliphatic heterocycles. The van der Waals surface area contributed by atoms with Gasteiger partial charge in [-0.1, -0.05) is 0 Å². The van der Waals surface area contributed by atoms with Crippen molar-refractivity contribution < 1.29 is 32.6 Å². The fourth-order valence-electron chi connectivity index (χ4n) is 4.35. The van der Waals surface area contributed by atoms with Gasteiger partial charge in [0.1, 0.15) is 0 Å². The van der Waals surface area contributed by atoms with Crippen molar-refractivity contribution in [2.75, 3.05) is 66.6 Å². The number of hydrogen-bond acceptors (Lipinski definition) is 5. The van der Waals surface area contributed by atoms with Gasteiger partial charge in [-0.3, -0.25) is 4.79 Å². The highest BCUT2D eigenvalue weighted by atomic mass is 19.4. The van der Waals surface area contributed by atoms with Crippen molar-refractivity contribution >= 4 is 11.9 Å². The summed E-state index contributed by atoms with van der Waals surface area (Å²) in [6.07, 6.45) is 0.531. The van der Waals surface area contributed by atoms with Gasteiger partial charge in [0.2, 0.25) is 5.91 Å². The van der Waals surface area contributed by atoms with Crippen molar-refractivity contribution in [1.82, 2.24) is 14.7 Å². The first-order chi connectivity index (χ1) is 14.0. The maximum atomic E-state index is 12.9. The van der Waals surface area contributed by atoms with E-state index in [1.165, 1.54) is 19.4 Å². The largest absolute Gasteiger partial charge is 0.490 e. The van der Waals surface area contributed by atoms with E-state index in [9.17, 15) is 18.0 Å². The third-order valence-corrected chi connectivity index (χ3v) is 6.33. The van der Waals surface area contributed by atoms with Crippen molar-refractivity contribution in [3.63, 3.8) is 0 Å². The molecule has 1 N–H and O–H groups in total. The normalized spacial score (nSPS) is 23.0. The van der Waals surface area contributed by atoms with Crippen LogP contribution in [0.15, 0.2) is 0 Å².